The lowest BCUT2D eigenvalue weighted by Crippen LogP contribution is -2.46. The van der Waals surface area contributed by atoms with E-state index in [4.69, 9.17) is 4.74 Å². The van der Waals surface area contributed by atoms with Gasteiger partial charge in [-0.1, -0.05) is 24.0 Å². The van der Waals surface area contributed by atoms with Gasteiger partial charge in [0.2, 0.25) is 6.86 Å². The second-order valence-electron chi connectivity index (χ2n) is 11.4. The van der Waals surface area contributed by atoms with E-state index >= 15 is 0 Å². The number of thiophene rings is 1. The number of hydrogen-bond donors (Lipinski definition) is 2. The number of halogens is 5. The van der Waals surface area contributed by atoms with Crippen LogP contribution < -0.4 is 20.7 Å². The second kappa shape index (κ2) is 13.7. The molecule has 0 amide bonds. The Bertz CT molecular complexity index is 1570. The average Bonchev–Trinajstić information content (AvgIpc) is 3.31. The van der Waals surface area contributed by atoms with Crippen LogP contribution in [0.15, 0.2) is 36.4 Å². The van der Waals surface area contributed by atoms with Crippen LogP contribution in [-0.2, 0) is 11.0 Å². The van der Waals surface area contributed by atoms with Crippen molar-refractivity contribution in [1.82, 2.24) is 9.80 Å². The standard InChI is InChI=1S/C31H36F5N4O2PS/c1-39-13-15-43(41,16-14-39)21-8-9-26(28(17-21)42-20-32)37-11-4-7-29-23(18-31(34,35)36)22-5-3-6-27(30(22)44-29)38-25-10-12-40(2)19-24(25)33/h3,5-6,8-9,17,24-25,37-38H,10-16,18-20H2,1-2H3/t24-,25+/m0/s1. The number of nitrogens with zero attached hydrogens (tertiary/aromatic N) is 2. The minimum absolute atomic E-state index is 0.0500. The van der Waals surface area contributed by atoms with Gasteiger partial charge in [-0.05, 0) is 55.7 Å². The molecule has 0 spiro atoms. The number of likely N-dealkylation sites (tertiary alicyclic amines) is 1. The first-order valence-electron chi connectivity index (χ1n) is 14.5. The number of alkyl halides is 5. The van der Waals surface area contributed by atoms with Crippen molar-refractivity contribution in [1.29, 1.82) is 0 Å². The van der Waals surface area contributed by atoms with Crippen LogP contribution in [-0.4, -0.2) is 94.2 Å². The van der Waals surface area contributed by atoms with Crippen LogP contribution >= 0.6 is 18.5 Å². The highest BCUT2D eigenvalue weighted by atomic mass is 32.1. The third-order valence-corrected chi connectivity index (χ3v) is 12.4. The maximum atomic E-state index is 14.7. The van der Waals surface area contributed by atoms with Crippen molar-refractivity contribution in [2.75, 3.05) is 76.6 Å². The number of ether oxygens (including phenoxy) is 1. The molecule has 0 radical (unpaired) electrons. The van der Waals surface area contributed by atoms with Gasteiger partial charge in [-0.15, -0.1) is 11.3 Å². The van der Waals surface area contributed by atoms with Crippen LogP contribution in [0.4, 0.5) is 33.3 Å². The summed E-state index contributed by atoms with van der Waals surface area (Å²) in [4.78, 5) is 4.31. The third-order valence-electron chi connectivity index (χ3n) is 8.18. The number of anilines is 2. The van der Waals surface area contributed by atoms with Crippen LogP contribution in [0.3, 0.4) is 0 Å². The minimum Gasteiger partial charge on any atom is -0.461 e. The molecule has 2 saturated heterocycles. The number of fused-ring (bicyclic) bond motifs is 1. The van der Waals surface area contributed by atoms with Crippen molar-refractivity contribution < 1.29 is 31.3 Å². The molecular formula is C31H36F5N4O2PS. The van der Waals surface area contributed by atoms with Crippen molar-refractivity contribution in [3.8, 4) is 17.6 Å². The van der Waals surface area contributed by atoms with E-state index in [9.17, 15) is 26.5 Å². The summed E-state index contributed by atoms with van der Waals surface area (Å²) >= 11 is 1.15. The molecule has 5 rings (SSSR count). The van der Waals surface area contributed by atoms with Crippen LogP contribution in [0.1, 0.15) is 16.9 Å². The summed E-state index contributed by atoms with van der Waals surface area (Å²) < 4.78 is 88.2. The molecule has 6 nitrogen and oxygen atoms in total. The molecule has 0 bridgehead atoms. The Morgan fingerprint density at radius 1 is 1.09 bits per heavy atom. The van der Waals surface area contributed by atoms with Crippen LogP contribution in [0.5, 0.6) is 5.75 Å². The predicted octanol–water partition coefficient (Wildman–Crippen LogP) is 6.16. The summed E-state index contributed by atoms with van der Waals surface area (Å²) in [5, 5.41) is 7.37. The highest BCUT2D eigenvalue weighted by Gasteiger charge is 2.33. The van der Waals surface area contributed by atoms with Gasteiger partial charge in [-0.25, -0.2) is 8.78 Å². The molecule has 1 aromatic heterocycles. The SMILES string of the molecule is CN1CCP(=O)(c2ccc(NCC#Cc3sc4c(N[C@@H]5CCN(C)C[C@@H]5F)cccc4c3CC(F)(F)F)c(OCF)c2)CC1. The summed E-state index contributed by atoms with van der Waals surface area (Å²) in [5.41, 5.74) is 1.12. The van der Waals surface area contributed by atoms with E-state index in [-0.39, 0.29) is 22.7 Å². The lowest BCUT2D eigenvalue weighted by molar-refractivity contribution is -0.126. The van der Waals surface area contributed by atoms with E-state index in [2.05, 4.69) is 27.4 Å². The minimum atomic E-state index is -4.44. The third kappa shape index (κ3) is 7.68. The monoisotopic (exact) mass is 654 g/mol. The maximum Gasteiger partial charge on any atom is 0.393 e. The molecule has 2 aromatic carbocycles. The van der Waals surface area contributed by atoms with Gasteiger partial charge in [0.15, 0.2) is 0 Å². The van der Waals surface area contributed by atoms with Gasteiger partial charge >= 0.3 is 6.18 Å². The number of nitrogens with one attached hydrogen (secondary N) is 2. The first kappa shape index (κ1) is 32.6. The zero-order chi connectivity index (χ0) is 31.5. The molecule has 2 aliphatic rings. The Kier molecular flexibility index (Phi) is 10.1. The van der Waals surface area contributed by atoms with Crippen molar-refractivity contribution in [3.63, 3.8) is 0 Å². The molecule has 2 aliphatic heterocycles. The van der Waals surface area contributed by atoms with Crippen molar-refractivity contribution in [2.45, 2.75) is 31.2 Å². The Hall–Kier alpha value is -2.84. The van der Waals surface area contributed by atoms with E-state index in [0.29, 0.717) is 65.1 Å². The normalized spacial score (nSPS) is 21.1. The molecule has 0 saturated carbocycles. The summed E-state index contributed by atoms with van der Waals surface area (Å²) in [6, 6.07) is 9.67. The van der Waals surface area contributed by atoms with Gasteiger partial charge in [0.05, 0.1) is 40.0 Å². The van der Waals surface area contributed by atoms with Gasteiger partial charge < -0.3 is 29.7 Å². The fourth-order valence-corrected chi connectivity index (χ4v) is 9.62. The molecule has 2 fully saturated rings. The largest absolute Gasteiger partial charge is 0.461 e. The highest BCUT2D eigenvalue weighted by Crippen LogP contribution is 2.47. The molecule has 0 unspecified atom stereocenters. The fourth-order valence-electron chi connectivity index (χ4n) is 5.68. The van der Waals surface area contributed by atoms with E-state index in [1.807, 2.05) is 19.0 Å². The molecule has 3 heterocycles. The van der Waals surface area contributed by atoms with Crippen molar-refractivity contribution >= 4 is 45.2 Å². The van der Waals surface area contributed by atoms with Crippen molar-refractivity contribution in [2.24, 2.45) is 0 Å². The maximum absolute atomic E-state index is 14.7. The molecule has 44 heavy (non-hydrogen) atoms. The quantitative estimate of drug-likeness (QED) is 0.172. The zero-order valence-corrected chi connectivity index (χ0v) is 26.4. The van der Waals surface area contributed by atoms with E-state index in [1.165, 1.54) is 0 Å². The second-order valence-corrected chi connectivity index (χ2v) is 15.6. The van der Waals surface area contributed by atoms with Gasteiger partial charge in [0.1, 0.15) is 19.1 Å². The lowest BCUT2D eigenvalue weighted by Gasteiger charge is -2.33. The molecule has 2 N–H and O–H groups in total. The van der Waals surface area contributed by atoms with Crippen LogP contribution in [0.25, 0.3) is 10.1 Å². The molecule has 3 aromatic rings. The Morgan fingerprint density at radius 2 is 1.86 bits per heavy atom. The van der Waals surface area contributed by atoms with Crippen molar-refractivity contribution in [3.05, 3.63) is 46.8 Å². The number of rotatable bonds is 8. The fraction of sp³-hybridized carbons (Fsp3) is 0.484. The van der Waals surface area contributed by atoms with Gasteiger partial charge in [-0.3, -0.25) is 0 Å². The lowest BCUT2D eigenvalue weighted by atomic mass is 10.0. The average molecular weight is 655 g/mol. The smallest absolute Gasteiger partial charge is 0.393 e. The van der Waals surface area contributed by atoms with E-state index in [0.717, 1.165) is 17.9 Å². The number of piperidine rings is 1. The van der Waals surface area contributed by atoms with E-state index in [1.54, 1.807) is 36.4 Å². The van der Waals surface area contributed by atoms with Gasteiger partial charge in [0.25, 0.3) is 0 Å². The molecule has 13 heteroatoms. The van der Waals surface area contributed by atoms with Gasteiger partial charge in [-0.2, -0.15) is 13.2 Å². The molecule has 0 aliphatic carbocycles. The highest BCUT2D eigenvalue weighted by molar-refractivity contribution is 7.71. The first-order valence-corrected chi connectivity index (χ1v) is 17.4. The number of hydrogen-bond acceptors (Lipinski definition) is 7. The summed E-state index contributed by atoms with van der Waals surface area (Å²) in [6.45, 7) is 1.42. The first-order chi connectivity index (χ1) is 21.0. The Labute approximate surface area is 258 Å². The topological polar surface area (TPSA) is 56.8 Å². The Morgan fingerprint density at radius 3 is 2.57 bits per heavy atom. The van der Waals surface area contributed by atoms with Gasteiger partial charge in [0, 0.05) is 43.8 Å². The Balaban J connectivity index is 1.37. The summed E-state index contributed by atoms with van der Waals surface area (Å²) in [5.74, 6) is 6.00. The summed E-state index contributed by atoms with van der Waals surface area (Å²) in [7, 11) is 1.21. The summed E-state index contributed by atoms with van der Waals surface area (Å²) in [6.07, 6.45) is -5.03. The zero-order valence-electron chi connectivity index (χ0n) is 24.6. The number of benzene rings is 2. The predicted molar refractivity (Wildman–Crippen MR) is 169 cm³/mol. The molecule has 2 atom stereocenters. The molecule has 238 valence electrons. The molecular weight excluding hydrogens is 618 g/mol. The van der Waals surface area contributed by atoms with Crippen LogP contribution in [0.2, 0.25) is 0 Å². The van der Waals surface area contributed by atoms with E-state index < -0.39 is 38.8 Å². The van der Waals surface area contributed by atoms with Crippen LogP contribution in [0, 0.1) is 11.8 Å².